The molecule has 2 unspecified atom stereocenters. The van der Waals surface area contributed by atoms with Crippen LogP contribution in [0.15, 0.2) is 22.7 Å². The number of halogens is 1. The summed E-state index contributed by atoms with van der Waals surface area (Å²) in [6, 6.07) is 6.92. The summed E-state index contributed by atoms with van der Waals surface area (Å²) in [5, 5.41) is 20.8. The van der Waals surface area contributed by atoms with Crippen LogP contribution in [0.3, 0.4) is 0 Å². The highest BCUT2D eigenvalue weighted by Gasteiger charge is 2.65. The number of nitrogens with zero attached hydrogens (tertiary/aromatic N) is 1. The van der Waals surface area contributed by atoms with E-state index in [2.05, 4.69) is 21.2 Å². The van der Waals surface area contributed by atoms with Gasteiger partial charge in [-0.2, -0.15) is 5.26 Å². The first-order chi connectivity index (χ1) is 9.28. The van der Waals surface area contributed by atoms with Gasteiger partial charge in [-0.3, -0.25) is 9.59 Å². The summed E-state index contributed by atoms with van der Waals surface area (Å²) in [4.78, 5) is 23.2. The van der Waals surface area contributed by atoms with Crippen LogP contribution in [0.5, 0.6) is 0 Å². The van der Waals surface area contributed by atoms with Crippen LogP contribution in [0.1, 0.15) is 19.4 Å². The van der Waals surface area contributed by atoms with E-state index in [1.54, 1.807) is 32.0 Å². The molecule has 104 valence electrons. The van der Waals surface area contributed by atoms with Crippen molar-refractivity contribution in [1.82, 2.24) is 0 Å². The molecule has 1 amide bonds. The second-order valence-corrected chi connectivity index (χ2v) is 6.32. The van der Waals surface area contributed by atoms with Gasteiger partial charge in [0.1, 0.15) is 6.07 Å². The maximum Gasteiger partial charge on any atom is 0.307 e. The van der Waals surface area contributed by atoms with Gasteiger partial charge in [0.05, 0.1) is 23.1 Å². The van der Waals surface area contributed by atoms with Crippen molar-refractivity contribution >= 4 is 33.5 Å². The molecule has 2 atom stereocenters. The molecule has 5 nitrogen and oxygen atoms in total. The number of nitrogens with one attached hydrogen (secondary N) is 1. The van der Waals surface area contributed by atoms with Crippen LogP contribution in [-0.2, 0) is 9.59 Å². The number of rotatable bonds is 3. The lowest BCUT2D eigenvalue weighted by molar-refractivity contribution is -0.140. The molecule has 0 spiro atoms. The Hall–Kier alpha value is -1.87. The van der Waals surface area contributed by atoms with Gasteiger partial charge < -0.3 is 10.4 Å². The number of anilines is 1. The Bertz CT molecular complexity index is 634. The summed E-state index contributed by atoms with van der Waals surface area (Å²) in [5.41, 5.74) is 0.170. The molecule has 0 heterocycles. The van der Waals surface area contributed by atoms with E-state index in [-0.39, 0.29) is 5.91 Å². The van der Waals surface area contributed by atoms with Crippen LogP contribution in [0, 0.1) is 28.6 Å². The Balaban J connectivity index is 2.19. The predicted octanol–water partition coefficient (Wildman–Crippen LogP) is 2.62. The van der Waals surface area contributed by atoms with E-state index in [4.69, 9.17) is 10.4 Å². The lowest BCUT2D eigenvalue weighted by Crippen LogP contribution is -2.18. The van der Waals surface area contributed by atoms with Crippen molar-refractivity contribution in [2.75, 3.05) is 5.32 Å². The predicted molar refractivity (Wildman–Crippen MR) is 75.9 cm³/mol. The minimum Gasteiger partial charge on any atom is -0.481 e. The standard InChI is InChI=1S/C14H13BrN2O3/c1-14(2)10(11(14)13(19)20)12(18)17-9-4-3-8(15)5-7(9)6-16/h3-5,10-11H,1-2H3,(H,17,18)(H,19,20). The van der Waals surface area contributed by atoms with Crippen molar-refractivity contribution in [3.05, 3.63) is 28.2 Å². The summed E-state index contributed by atoms with van der Waals surface area (Å²) >= 11 is 3.25. The lowest BCUT2D eigenvalue weighted by Gasteiger charge is -2.08. The summed E-state index contributed by atoms with van der Waals surface area (Å²) < 4.78 is 0.738. The number of hydrogen-bond donors (Lipinski definition) is 2. The molecular formula is C14H13BrN2O3. The number of carboxylic acids is 1. The second kappa shape index (κ2) is 4.91. The van der Waals surface area contributed by atoms with Crippen molar-refractivity contribution in [2.24, 2.45) is 17.3 Å². The van der Waals surface area contributed by atoms with Gasteiger partial charge in [0.2, 0.25) is 5.91 Å². The SMILES string of the molecule is CC1(C)C(C(=O)O)C1C(=O)Nc1ccc(Br)cc1C#N. The number of carbonyl (C=O) groups excluding carboxylic acids is 1. The van der Waals surface area contributed by atoms with E-state index in [9.17, 15) is 9.59 Å². The number of carbonyl (C=O) groups is 2. The monoisotopic (exact) mass is 336 g/mol. The average Bonchev–Trinajstić information content (AvgIpc) is 2.94. The molecule has 0 bridgehead atoms. The van der Waals surface area contributed by atoms with E-state index in [0.29, 0.717) is 11.3 Å². The maximum atomic E-state index is 12.2. The molecule has 1 aliphatic rings. The Morgan fingerprint density at radius 3 is 2.55 bits per heavy atom. The van der Waals surface area contributed by atoms with Crippen LogP contribution in [-0.4, -0.2) is 17.0 Å². The van der Waals surface area contributed by atoms with Crippen LogP contribution < -0.4 is 5.32 Å². The molecule has 2 rings (SSSR count). The Labute approximate surface area is 124 Å². The van der Waals surface area contributed by atoms with E-state index in [1.165, 1.54) is 0 Å². The van der Waals surface area contributed by atoms with Crippen molar-refractivity contribution in [1.29, 1.82) is 5.26 Å². The van der Waals surface area contributed by atoms with Crippen LogP contribution in [0.25, 0.3) is 0 Å². The summed E-state index contributed by atoms with van der Waals surface area (Å²) in [6.07, 6.45) is 0. The molecule has 2 N–H and O–H groups in total. The number of benzene rings is 1. The van der Waals surface area contributed by atoms with Crippen molar-refractivity contribution < 1.29 is 14.7 Å². The molecule has 0 saturated heterocycles. The van der Waals surface area contributed by atoms with Gasteiger partial charge >= 0.3 is 5.97 Å². The molecule has 1 fully saturated rings. The number of carboxylic acid groups (broad SMARTS) is 1. The third-order valence-corrected chi connectivity index (χ3v) is 4.23. The fraction of sp³-hybridized carbons (Fsp3) is 0.357. The van der Waals surface area contributed by atoms with Gasteiger partial charge in [0.15, 0.2) is 0 Å². The van der Waals surface area contributed by atoms with Gasteiger partial charge in [-0.15, -0.1) is 0 Å². The summed E-state index contributed by atoms with van der Waals surface area (Å²) in [5.74, 6) is -2.58. The molecule has 1 aromatic rings. The zero-order chi connectivity index (χ0) is 15.1. The molecule has 0 aliphatic heterocycles. The van der Waals surface area contributed by atoms with Crippen LogP contribution in [0.4, 0.5) is 5.69 Å². The third-order valence-electron chi connectivity index (χ3n) is 3.74. The minimum absolute atomic E-state index is 0.332. The molecule has 1 aromatic carbocycles. The molecule has 1 saturated carbocycles. The van der Waals surface area contributed by atoms with Crippen molar-refractivity contribution in [2.45, 2.75) is 13.8 Å². The van der Waals surface area contributed by atoms with Gasteiger partial charge in [-0.1, -0.05) is 29.8 Å². The smallest absolute Gasteiger partial charge is 0.307 e. The van der Waals surface area contributed by atoms with E-state index >= 15 is 0 Å². The fourth-order valence-electron chi connectivity index (χ4n) is 2.52. The molecule has 0 aromatic heterocycles. The van der Waals surface area contributed by atoms with Gasteiger partial charge in [-0.25, -0.2) is 0 Å². The maximum absolute atomic E-state index is 12.2. The average molecular weight is 337 g/mol. The van der Waals surface area contributed by atoms with Crippen molar-refractivity contribution in [3.63, 3.8) is 0 Å². The highest BCUT2D eigenvalue weighted by atomic mass is 79.9. The van der Waals surface area contributed by atoms with E-state index in [1.807, 2.05) is 6.07 Å². The van der Waals surface area contributed by atoms with Crippen LogP contribution >= 0.6 is 15.9 Å². The fourth-order valence-corrected chi connectivity index (χ4v) is 2.88. The summed E-state index contributed by atoms with van der Waals surface area (Å²) in [6.45, 7) is 3.51. The van der Waals surface area contributed by atoms with Crippen molar-refractivity contribution in [3.8, 4) is 6.07 Å². The largest absolute Gasteiger partial charge is 0.481 e. The van der Waals surface area contributed by atoms with Crippen LogP contribution in [0.2, 0.25) is 0 Å². The first-order valence-electron chi connectivity index (χ1n) is 6.02. The van der Waals surface area contributed by atoms with Gasteiger partial charge in [-0.05, 0) is 23.6 Å². The van der Waals surface area contributed by atoms with E-state index < -0.39 is 23.2 Å². The first kappa shape index (κ1) is 14.5. The Morgan fingerprint density at radius 1 is 1.40 bits per heavy atom. The second-order valence-electron chi connectivity index (χ2n) is 5.41. The molecule has 1 aliphatic carbocycles. The Morgan fingerprint density at radius 2 is 2.05 bits per heavy atom. The Kier molecular flexibility index (Phi) is 3.57. The minimum atomic E-state index is -0.966. The molecule has 20 heavy (non-hydrogen) atoms. The number of hydrogen-bond acceptors (Lipinski definition) is 3. The normalized spacial score (nSPS) is 22.7. The van der Waals surface area contributed by atoms with Gasteiger partial charge in [0, 0.05) is 4.47 Å². The zero-order valence-corrected chi connectivity index (χ0v) is 12.6. The van der Waals surface area contributed by atoms with Gasteiger partial charge in [0.25, 0.3) is 0 Å². The zero-order valence-electron chi connectivity index (χ0n) is 11.0. The quantitative estimate of drug-likeness (QED) is 0.887. The molecule has 0 radical (unpaired) electrons. The highest BCUT2D eigenvalue weighted by molar-refractivity contribution is 9.10. The topological polar surface area (TPSA) is 90.2 Å². The number of aliphatic carboxylic acids is 1. The first-order valence-corrected chi connectivity index (χ1v) is 6.81. The lowest BCUT2D eigenvalue weighted by atomic mass is 10.1. The highest BCUT2D eigenvalue weighted by Crippen LogP contribution is 2.58. The third kappa shape index (κ3) is 2.41. The summed E-state index contributed by atoms with van der Waals surface area (Å²) in [7, 11) is 0. The molecular weight excluding hydrogens is 324 g/mol. The molecule has 6 heteroatoms. The number of amides is 1. The number of nitriles is 1. The van der Waals surface area contributed by atoms with E-state index in [0.717, 1.165) is 4.47 Å².